The maximum atomic E-state index is 10.1. The summed E-state index contributed by atoms with van der Waals surface area (Å²) in [6.45, 7) is 8.98. The van der Waals surface area contributed by atoms with Crippen molar-refractivity contribution in [3.05, 3.63) is 24.1 Å². The highest BCUT2D eigenvalue weighted by Crippen LogP contribution is 2.35. The highest BCUT2D eigenvalue weighted by atomic mass is 16.7. The minimum atomic E-state index is -0.606. The number of nitrogens with zero attached hydrogens (tertiary/aromatic N) is 2. The van der Waals surface area contributed by atoms with Gasteiger partial charge in [0.1, 0.15) is 0 Å². The zero-order valence-electron chi connectivity index (χ0n) is 16.8. The van der Waals surface area contributed by atoms with E-state index < -0.39 is 6.10 Å². The fourth-order valence-electron chi connectivity index (χ4n) is 2.91. The molecule has 1 aromatic carbocycles. The van der Waals surface area contributed by atoms with Crippen molar-refractivity contribution in [3.63, 3.8) is 0 Å². The Labute approximate surface area is 165 Å². The van der Waals surface area contributed by atoms with E-state index >= 15 is 0 Å². The number of ether oxygens (including phenoxy) is 3. The van der Waals surface area contributed by atoms with Crippen LogP contribution in [0.5, 0.6) is 11.5 Å². The SMILES string of the molecule is CC[C@H](C)[C@H](NC[C@H](O)COC(C)C)c1nc(-c2ccc3c(c2)OCO3)no1. The van der Waals surface area contributed by atoms with Crippen molar-refractivity contribution in [2.75, 3.05) is 19.9 Å². The van der Waals surface area contributed by atoms with Crippen LogP contribution in [-0.2, 0) is 4.74 Å². The number of aliphatic hydroxyl groups excluding tert-OH is 1. The van der Waals surface area contributed by atoms with Crippen LogP contribution in [0.15, 0.2) is 22.7 Å². The second kappa shape index (κ2) is 9.36. The number of aromatic nitrogens is 2. The van der Waals surface area contributed by atoms with Gasteiger partial charge in [0.15, 0.2) is 11.5 Å². The molecule has 0 fully saturated rings. The Hall–Kier alpha value is -2.16. The summed E-state index contributed by atoms with van der Waals surface area (Å²) in [7, 11) is 0. The maximum absolute atomic E-state index is 10.1. The summed E-state index contributed by atoms with van der Waals surface area (Å²) in [5, 5.41) is 17.6. The van der Waals surface area contributed by atoms with Gasteiger partial charge in [0.25, 0.3) is 0 Å². The molecule has 28 heavy (non-hydrogen) atoms. The second-order valence-electron chi connectivity index (χ2n) is 7.33. The van der Waals surface area contributed by atoms with E-state index in [0.29, 0.717) is 29.8 Å². The lowest BCUT2D eigenvalue weighted by Crippen LogP contribution is -2.36. The average Bonchev–Trinajstić information content (AvgIpc) is 3.35. The van der Waals surface area contributed by atoms with Gasteiger partial charge in [-0.2, -0.15) is 4.98 Å². The molecule has 3 atom stereocenters. The number of rotatable bonds is 10. The Morgan fingerprint density at radius 3 is 2.75 bits per heavy atom. The van der Waals surface area contributed by atoms with E-state index in [9.17, 15) is 5.11 Å². The van der Waals surface area contributed by atoms with Gasteiger partial charge in [0.2, 0.25) is 18.5 Å². The van der Waals surface area contributed by atoms with Gasteiger partial charge in [-0.25, -0.2) is 0 Å². The molecule has 0 saturated heterocycles. The third-order valence-electron chi connectivity index (χ3n) is 4.75. The monoisotopic (exact) mass is 391 g/mol. The van der Waals surface area contributed by atoms with Crippen LogP contribution in [0.25, 0.3) is 11.4 Å². The fraction of sp³-hybridized carbons (Fsp3) is 0.600. The van der Waals surface area contributed by atoms with Crippen molar-refractivity contribution in [1.29, 1.82) is 0 Å². The van der Waals surface area contributed by atoms with Gasteiger partial charge in [-0.3, -0.25) is 0 Å². The predicted molar refractivity (Wildman–Crippen MR) is 103 cm³/mol. The first kappa shape index (κ1) is 20.6. The lowest BCUT2D eigenvalue weighted by atomic mass is 9.99. The Morgan fingerprint density at radius 2 is 2.00 bits per heavy atom. The summed E-state index contributed by atoms with van der Waals surface area (Å²) < 4.78 is 21.8. The molecule has 1 aliphatic heterocycles. The van der Waals surface area contributed by atoms with E-state index in [0.717, 1.165) is 12.0 Å². The number of nitrogens with one attached hydrogen (secondary N) is 1. The van der Waals surface area contributed by atoms with Crippen molar-refractivity contribution in [2.24, 2.45) is 5.92 Å². The first-order valence-corrected chi connectivity index (χ1v) is 9.74. The van der Waals surface area contributed by atoms with Gasteiger partial charge in [0.05, 0.1) is 24.9 Å². The largest absolute Gasteiger partial charge is 0.454 e. The Kier molecular flexibility index (Phi) is 6.88. The topological polar surface area (TPSA) is 98.9 Å². The minimum absolute atomic E-state index is 0.0835. The van der Waals surface area contributed by atoms with Crippen LogP contribution in [0.4, 0.5) is 0 Å². The molecule has 0 bridgehead atoms. The molecule has 0 spiro atoms. The molecule has 0 aliphatic carbocycles. The Bertz CT molecular complexity index is 764. The molecule has 1 aliphatic rings. The molecule has 2 heterocycles. The van der Waals surface area contributed by atoms with Crippen LogP contribution < -0.4 is 14.8 Å². The smallest absolute Gasteiger partial charge is 0.244 e. The van der Waals surface area contributed by atoms with E-state index in [4.69, 9.17) is 18.7 Å². The summed E-state index contributed by atoms with van der Waals surface area (Å²) in [5.41, 5.74) is 0.799. The quantitative estimate of drug-likeness (QED) is 0.638. The molecule has 0 saturated carbocycles. The first-order valence-electron chi connectivity index (χ1n) is 9.74. The minimum Gasteiger partial charge on any atom is -0.454 e. The molecule has 8 heteroatoms. The molecular formula is C20H29N3O5. The van der Waals surface area contributed by atoms with Crippen LogP contribution in [0.1, 0.15) is 46.0 Å². The van der Waals surface area contributed by atoms with Crippen molar-refractivity contribution < 1.29 is 23.8 Å². The van der Waals surface area contributed by atoms with E-state index in [1.165, 1.54) is 0 Å². The maximum Gasteiger partial charge on any atom is 0.244 e. The Morgan fingerprint density at radius 1 is 1.21 bits per heavy atom. The summed E-state index contributed by atoms with van der Waals surface area (Å²) in [6, 6.07) is 5.40. The summed E-state index contributed by atoms with van der Waals surface area (Å²) in [5.74, 6) is 2.63. The van der Waals surface area contributed by atoms with E-state index in [-0.39, 0.29) is 31.5 Å². The molecule has 2 aromatic rings. The molecule has 0 amide bonds. The van der Waals surface area contributed by atoms with Crippen molar-refractivity contribution in [2.45, 2.75) is 52.4 Å². The summed E-state index contributed by atoms with van der Waals surface area (Å²) in [6.07, 6.45) is 0.406. The molecule has 0 radical (unpaired) electrons. The van der Waals surface area contributed by atoms with Gasteiger partial charge in [-0.05, 0) is 38.0 Å². The van der Waals surface area contributed by atoms with Crippen molar-refractivity contribution in [1.82, 2.24) is 15.5 Å². The number of fused-ring (bicyclic) bond motifs is 1. The van der Waals surface area contributed by atoms with E-state index in [2.05, 4.69) is 29.3 Å². The van der Waals surface area contributed by atoms with Gasteiger partial charge >= 0.3 is 0 Å². The molecule has 0 unspecified atom stereocenters. The van der Waals surface area contributed by atoms with E-state index in [1.54, 1.807) is 0 Å². The second-order valence-corrected chi connectivity index (χ2v) is 7.33. The van der Waals surface area contributed by atoms with E-state index in [1.807, 2.05) is 32.0 Å². The third kappa shape index (κ3) is 5.01. The zero-order chi connectivity index (χ0) is 20.1. The Balaban J connectivity index is 1.69. The van der Waals surface area contributed by atoms with Crippen molar-refractivity contribution >= 4 is 0 Å². The number of hydrogen-bond acceptors (Lipinski definition) is 8. The zero-order valence-corrected chi connectivity index (χ0v) is 16.8. The average molecular weight is 391 g/mol. The van der Waals surface area contributed by atoms with Crippen molar-refractivity contribution in [3.8, 4) is 22.9 Å². The normalized spacial score (nSPS) is 16.4. The summed E-state index contributed by atoms with van der Waals surface area (Å²) in [4.78, 5) is 4.58. The molecule has 154 valence electrons. The lowest BCUT2D eigenvalue weighted by molar-refractivity contribution is 0.00427. The van der Waals surface area contributed by atoms with Gasteiger partial charge in [0, 0.05) is 12.1 Å². The fourth-order valence-corrected chi connectivity index (χ4v) is 2.91. The molecular weight excluding hydrogens is 362 g/mol. The predicted octanol–water partition coefficient (Wildman–Crippen LogP) is 2.93. The van der Waals surface area contributed by atoms with Crippen LogP contribution >= 0.6 is 0 Å². The number of benzene rings is 1. The van der Waals surface area contributed by atoms with Crippen LogP contribution in [0.3, 0.4) is 0 Å². The third-order valence-corrected chi connectivity index (χ3v) is 4.75. The molecule has 3 rings (SSSR count). The molecule has 8 nitrogen and oxygen atoms in total. The summed E-state index contributed by atoms with van der Waals surface area (Å²) >= 11 is 0. The number of hydrogen-bond donors (Lipinski definition) is 2. The van der Waals surface area contributed by atoms with Crippen LogP contribution in [0, 0.1) is 5.92 Å². The van der Waals surface area contributed by atoms with Gasteiger partial charge < -0.3 is 29.2 Å². The van der Waals surface area contributed by atoms with Gasteiger partial charge in [-0.15, -0.1) is 0 Å². The number of aliphatic hydroxyl groups is 1. The lowest BCUT2D eigenvalue weighted by Gasteiger charge is -2.22. The van der Waals surface area contributed by atoms with Gasteiger partial charge in [-0.1, -0.05) is 25.4 Å². The van der Waals surface area contributed by atoms with Crippen LogP contribution in [0.2, 0.25) is 0 Å². The highest BCUT2D eigenvalue weighted by molar-refractivity contribution is 5.61. The molecule has 2 N–H and O–H groups in total. The highest BCUT2D eigenvalue weighted by Gasteiger charge is 2.26. The van der Waals surface area contributed by atoms with Crippen LogP contribution in [-0.4, -0.2) is 47.4 Å². The molecule has 1 aromatic heterocycles. The standard InChI is InChI=1S/C20H29N3O5/c1-5-13(4)18(21-9-15(24)10-25-12(2)3)20-22-19(23-28-20)14-6-7-16-17(8-14)27-11-26-16/h6-8,12-13,15,18,21,24H,5,9-11H2,1-4H3/t13-,15-,18-/m0/s1. The first-order chi connectivity index (χ1) is 13.5.